The van der Waals surface area contributed by atoms with Crippen LogP contribution in [0.1, 0.15) is 5.56 Å². The summed E-state index contributed by atoms with van der Waals surface area (Å²) in [6.45, 7) is 1.71. The maximum absolute atomic E-state index is 13.6. The van der Waals surface area contributed by atoms with Gasteiger partial charge in [-0.2, -0.15) is 0 Å². The van der Waals surface area contributed by atoms with Gasteiger partial charge in [-0.1, -0.05) is 18.2 Å². The van der Waals surface area contributed by atoms with Gasteiger partial charge in [0.25, 0.3) is 0 Å². The van der Waals surface area contributed by atoms with Crippen LogP contribution in [0.2, 0.25) is 0 Å². The quantitative estimate of drug-likeness (QED) is 0.812. The van der Waals surface area contributed by atoms with Crippen LogP contribution >= 0.6 is 15.9 Å². The largest absolute Gasteiger partial charge is 0.374 e. The van der Waals surface area contributed by atoms with Crippen LogP contribution in [0.4, 0.5) is 20.2 Å². The number of halogens is 3. The third-order valence-electron chi connectivity index (χ3n) is 2.87. The first kappa shape index (κ1) is 15.4. The van der Waals surface area contributed by atoms with Gasteiger partial charge in [0.15, 0.2) is 0 Å². The second-order valence-corrected chi connectivity index (χ2v) is 5.32. The highest BCUT2D eigenvalue weighted by atomic mass is 79.9. The van der Waals surface area contributed by atoms with Gasteiger partial charge in [-0.25, -0.2) is 8.78 Å². The molecule has 0 aliphatic rings. The van der Waals surface area contributed by atoms with E-state index in [-0.39, 0.29) is 22.6 Å². The Balaban J connectivity index is 1.99. The number of para-hydroxylation sites is 1. The molecule has 3 nitrogen and oxygen atoms in total. The smallest absolute Gasteiger partial charge is 0.243 e. The Morgan fingerprint density at radius 3 is 2.57 bits per heavy atom. The number of hydrogen-bond acceptors (Lipinski definition) is 2. The average molecular weight is 355 g/mol. The molecule has 0 fully saturated rings. The van der Waals surface area contributed by atoms with Crippen molar-refractivity contribution in [2.24, 2.45) is 0 Å². The molecule has 2 N–H and O–H groups in total. The molecule has 0 aliphatic heterocycles. The molecule has 110 valence electrons. The summed E-state index contributed by atoms with van der Waals surface area (Å²) in [6.07, 6.45) is 0. The molecule has 2 aromatic rings. The van der Waals surface area contributed by atoms with Gasteiger partial charge in [-0.15, -0.1) is 0 Å². The third-order valence-corrected chi connectivity index (χ3v) is 3.48. The molecule has 0 bridgehead atoms. The molecule has 0 spiro atoms. The van der Waals surface area contributed by atoms with E-state index in [9.17, 15) is 13.6 Å². The van der Waals surface area contributed by atoms with Crippen molar-refractivity contribution in [3.63, 3.8) is 0 Å². The summed E-state index contributed by atoms with van der Waals surface area (Å²) in [7, 11) is 0. The Morgan fingerprint density at radius 2 is 1.86 bits per heavy atom. The van der Waals surface area contributed by atoms with Crippen molar-refractivity contribution in [3.05, 3.63) is 58.1 Å². The highest BCUT2D eigenvalue weighted by molar-refractivity contribution is 9.10. The van der Waals surface area contributed by atoms with Gasteiger partial charge in [-0.05, 0) is 40.5 Å². The Kier molecular flexibility index (Phi) is 4.90. The first-order valence-electron chi connectivity index (χ1n) is 6.21. The van der Waals surface area contributed by atoms with Crippen LogP contribution in [0.25, 0.3) is 0 Å². The number of nitrogens with one attached hydrogen (secondary N) is 2. The second-order valence-electron chi connectivity index (χ2n) is 4.46. The number of carbonyl (C=O) groups excluding carboxylic acids is 1. The highest BCUT2D eigenvalue weighted by Crippen LogP contribution is 2.23. The summed E-state index contributed by atoms with van der Waals surface area (Å²) in [5.74, 6) is -1.57. The van der Waals surface area contributed by atoms with Crippen molar-refractivity contribution in [2.45, 2.75) is 6.92 Å². The molecule has 2 rings (SSSR count). The average Bonchev–Trinajstić information content (AvgIpc) is 2.44. The summed E-state index contributed by atoms with van der Waals surface area (Å²) in [4.78, 5) is 11.8. The van der Waals surface area contributed by atoms with E-state index in [1.807, 2.05) is 19.1 Å². The first-order chi connectivity index (χ1) is 9.97. The van der Waals surface area contributed by atoms with Crippen molar-refractivity contribution >= 4 is 33.2 Å². The number of carbonyl (C=O) groups is 1. The predicted octanol–water partition coefficient (Wildman–Crippen LogP) is 4.09. The number of hydrogen-bond donors (Lipinski definition) is 2. The Hall–Kier alpha value is -1.95. The van der Waals surface area contributed by atoms with Crippen LogP contribution in [0.15, 0.2) is 40.9 Å². The number of aryl methyl sites for hydroxylation is 1. The van der Waals surface area contributed by atoms with E-state index < -0.39 is 11.6 Å². The lowest BCUT2D eigenvalue weighted by Gasteiger charge is -2.10. The van der Waals surface area contributed by atoms with Crippen molar-refractivity contribution in [1.82, 2.24) is 0 Å². The standard InChI is InChI=1S/C15H13BrF2N2O/c1-9-4-2-3-5-13(9)20-15(21)8-19-14-7-11(17)10(16)6-12(14)18/h2-7,19H,8H2,1H3,(H,20,21). The van der Waals surface area contributed by atoms with Gasteiger partial charge in [0.2, 0.25) is 5.91 Å². The van der Waals surface area contributed by atoms with Crippen molar-refractivity contribution in [1.29, 1.82) is 0 Å². The molecule has 1 amide bonds. The summed E-state index contributed by atoms with van der Waals surface area (Å²) in [5, 5.41) is 5.27. The zero-order valence-corrected chi connectivity index (χ0v) is 12.8. The van der Waals surface area contributed by atoms with E-state index in [0.717, 1.165) is 17.7 Å². The fourth-order valence-corrected chi connectivity index (χ4v) is 2.06. The number of benzene rings is 2. The fourth-order valence-electron chi connectivity index (χ4n) is 1.74. The number of rotatable bonds is 4. The van der Waals surface area contributed by atoms with E-state index in [0.29, 0.717) is 5.69 Å². The minimum absolute atomic E-state index is 0.0370. The Morgan fingerprint density at radius 1 is 1.14 bits per heavy atom. The van der Waals surface area contributed by atoms with Crippen molar-refractivity contribution in [2.75, 3.05) is 17.2 Å². The molecule has 0 atom stereocenters. The van der Waals surface area contributed by atoms with Crippen LogP contribution in [0, 0.1) is 18.6 Å². The Bertz CT molecular complexity index is 677. The normalized spacial score (nSPS) is 10.3. The minimum Gasteiger partial charge on any atom is -0.374 e. The first-order valence-corrected chi connectivity index (χ1v) is 7.00. The maximum atomic E-state index is 13.6. The van der Waals surface area contributed by atoms with Crippen molar-refractivity contribution in [3.8, 4) is 0 Å². The van der Waals surface area contributed by atoms with Gasteiger partial charge in [0.1, 0.15) is 11.6 Å². The summed E-state index contributed by atoms with van der Waals surface area (Å²) in [5.41, 5.74) is 1.55. The van der Waals surface area contributed by atoms with E-state index in [1.54, 1.807) is 12.1 Å². The zero-order valence-electron chi connectivity index (χ0n) is 11.2. The number of anilines is 2. The topological polar surface area (TPSA) is 41.1 Å². The molecule has 0 radical (unpaired) electrons. The molecule has 0 unspecified atom stereocenters. The molecule has 0 saturated heterocycles. The molecular weight excluding hydrogens is 342 g/mol. The van der Waals surface area contributed by atoms with Gasteiger partial charge in [0, 0.05) is 11.8 Å². The minimum atomic E-state index is -0.632. The molecule has 21 heavy (non-hydrogen) atoms. The summed E-state index contributed by atoms with van der Waals surface area (Å²) < 4.78 is 26.9. The van der Waals surface area contributed by atoms with E-state index in [1.165, 1.54) is 0 Å². The molecule has 0 aromatic heterocycles. The maximum Gasteiger partial charge on any atom is 0.243 e. The van der Waals surface area contributed by atoms with Gasteiger partial charge in [-0.3, -0.25) is 4.79 Å². The SMILES string of the molecule is Cc1ccccc1NC(=O)CNc1cc(F)c(Br)cc1F. The zero-order chi connectivity index (χ0) is 15.4. The third kappa shape index (κ3) is 4.01. The fraction of sp³-hybridized carbons (Fsp3) is 0.133. The molecule has 0 saturated carbocycles. The van der Waals surface area contributed by atoms with Gasteiger partial charge in [0.05, 0.1) is 16.7 Å². The van der Waals surface area contributed by atoms with E-state index in [2.05, 4.69) is 26.6 Å². The van der Waals surface area contributed by atoms with Crippen LogP contribution < -0.4 is 10.6 Å². The lowest BCUT2D eigenvalue weighted by molar-refractivity contribution is -0.114. The van der Waals surface area contributed by atoms with Crippen LogP contribution in [0.3, 0.4) is 0 Å². The molecule has 6 heteroatoms. The van der Waals surface area contributed by atoms with Crippen LogP contribution in [0.5, 0.6) is 0 Å². The number of amides is 1. The van der Waals surface area contributed by atoms with Crippen LogP contribution in [-0.2, 0) is 4.79 Å². The van der Waals surface area contributed by atoms with E-state index in [4.69, 9.17) is 0 Å². The summed E-state index contributed by atoms with van der Waals surface area (Å²) >= 11 is 2.89. The predicted molar refractivity (Wildman–Crippen MR) is 82.4 cm³/mol. The molecular formula is C15H13BrF2N2O. The lowest BCUT2D eigenvalue weighted by atomic mass is 10.2. The van der Waals surface area contributed by atoms with Crippen molar-refractivity contribution < 1.29 is 13.6 Å². The van der Waals surface area contributed by atoms with Gasteiger partial charge >= 0.3 is 0 Å². The summed E-state index contributed by atoms with van der Waals surface area (Å²) in [6, 6.07) is 9.32. The molecule has 0 aliphatic carbocycles. The van der Waals surface area contributed by atoms with E-state index >= 15 is 0 Å². The van der Waals surface area contributed by atoms with Gasteiger partial charge < -0.3 is 10.6 Å². The molecule has 0 heterocycles. The lowest BCUT2D eigenvalue weighted by Crippen LogP contribution is -2.22. The monoisotopic (exact) mass is 354 g/mol. The highest BCUT2D eigenvalue weighted by Gasteiger charge is 2.10. The Labute approximate surface area is 129 Å². The second kappa shape index (κ2) is 6.67. The van der Waals surface area contributed by atoms with Crippen LogP contribution in [-0.4, -0.2) is 12.5 Å². The molecule has 2 aromatic carbocycles.